The summed E-state index contributed by atoms with van der Waals surface area (Å²) in [6, 6.07) is 10.9. The third-order valence-electron chi connectivity index (χ3n) is 4.36. The van der Waals surface area contributed by atoms with Crippen LogP contribution in [0.15, 0.2) is 36.4 Å². The lowest BCUT2D eigenvalue weighted by Crippen LogP contribution is -2.43. The molecule has 0 radical (unpaired) electrons. The van der Waals surface area contributed by atoms with Crippen molar-refractivity contribution >= 4 is 22.8 Å². The van der Waals surface area contributed by atoms with Gasteiger partial charge in [0.05, 0.1) is 13.2 Å². The van der Waals surface area contributed by atoms with Gasteiger partial charge in [0, 0.05) is 24.0 Å². The summed E-state index contributed by atoms with van der Waals surface area (Å²) in [5.74, 6) is -0.891. The number of hydrogen-bond acceptors (Lipinski definition) is 6. The second-order valence-electron chi connectivity index (χ2n) is 6.30. The molecule has 1 saturated heterocycles. The van der Waals surface area contributed by atoms with Crippen molar-refractivity contribution < 1.29 is 17.9 Å². The number of hydrogen-bond donors (Lipinski definition) is 1. The van der Waals surface area contributed by atoms with E-state index >= 15 is 0 Å². The van der Waals surface area contributed by atoms with E-state index in [1.165, 1.54) is 6.07 Å². The van der Waals surface area contributed by atoms with Gasteiger partial charge in [0.2, 0.25) is 0 Å². The molecule has 3 heterocycles. The second kappa shape index (κ2) is 6.69. The molecule has 0 spiro atoms. The van der Waals surface area contributed by atoms with Crippen LogP contribution in [0.2, 0.25) is 0 Å². The maximum absolute atomic E-state index is 13.0. The predicted octanol–water partition coefficient (Wildman–Crippen LogP) is 3.11. The van der Waals surface area contributed by atoms with E-state index < -0.39 is 12.0 Å². The minimum atomic E-state index is -4.62. The van der Waals surface area contributed by atoms with Gasteiger partial charge in [-0.3, -0.25) is 0 Å². The van der Waals surface area contributed by atoms with Gasteiger partial charge in [-0.25, -0.2) is 0 Å². The summed E-state index contributed by atoms with van der Waals surface area (Å²) in [6.45, 7) is 4.29. The first-order valence-electron chi connectivity index (χ1n) is 8.43. The van der Waals surface area contributed by atoms with Crippen LogP contribution in [0.1, 0.15) is 12.7 Å². The molecule has 0 saturated carbocycles. The Balaban J connectivity index is 1.55. The first-order valence-corrected chi connectivity index (χ1v) is 8.43. The number of nitrogens with zero attached hydrogens (tertiary/aromatic N) is 5. The molecule has 1 aromatic carbocycles. The molecular weight excluding hydrogens is 361 g/mol. The molecule has 10 heteroatoms. The summed E-state index contributed by atoms with van der Waals surface area (Å²) in [4.78, 5) is 2.25. The maximum atomic E-state index is 13.0. The number of anilines is 3. The molecule has 1 unspecified atom stereocenters. The minimum absolute atomic E-state index is 0.0320. The molecule has 1 fully saturated rings. The zero-order valence-electron chi connectivity index (χ0n) is 14.4. The number of aromatic nitrogens is 4. The zero-order valence-corrected chi connectivity index (χ0v) is 14.4. The molecule has 7 nitrogen and oxygen atoms in total. The van der Waals surface area contributed by atoms with Crippen LogP contribution in [-0.2, 0) is 10.9 Å². The fraction of sp³-hybridized carbons (Fsp3) is 0.353. The van der Waals surface area contributed by atoms with Gasteiger partial charge in [0.1, 0.15) is 0 Å². The number of nitrogens with one attached hydrogen (secondary N) is 1. The Morgan fingerprint density at radius 1 is 1.11 bits per heavy atom. The third-order valence-corrected chi connectivity index (χ3v) is 4.36. The fourth-order valence-corrected chi connectivity index (χ4v) is 3.03. The quantitative estimate of drug-likeness (QED) is 0.755. The smallest absolute Gasteiger partial charge is 0.377 e. The largest absolute Gasteiger partial charge is 0.453 e. The van der Waals surface area contributed by atoms with E-state index in [2.05, 4.69) is 32.4 Å². The number of rotatable bonds is 3. The van der Waals surface area contributed by atoms with Crippen molar-refractivity contribution in [1.82, 2.24) is 19.8 Å². The number of halogens is 3. The molecule has 0 bridgehead atoms. The van der Waals surface area contributed by atoms with Crippen LogP contribution >= 0.6 is 0 Å². The van der Waals surface area contributed by atoms with Crippen molar-refractivity contribution in [2.24, 2.45) is 0 Å². The van der Waals surface area contributed by atoms with Crippen LogP contribution < -0.4 is 10.2 Å². The monoisotopic (exact) mass is 378 g/mol. The Morgan fingerprint density at radius 3 is 2.59 bits per heavy atom. The Hall–Kier alpha value is -2.88. The highest BCUT2D eigenvalue weighted by Gasteiger charge is 2.37. The van der Waals surface area contributed by atoms with Crippen molar-refractivity contribution in [3.63, 3.8) is 0 Å². The van der Waals surface area contributed by atoms with Gasteiger partial charge in [-0.2, -0.15) is 17.7 Å². The van der Waals surface area contributed by atoms with E-state index in [0.717, 1.165) is 12.2 Å². The first kappa shape index (κ1) is 17.5. The Morgan fingerprint density at radius 2 is 1.89 bits per heavy atom. The minimum Gasteiger partial charge on any atom is -0.377 e. The van der Waals surface area contributed by atoms with Gasteiger partial charge in [0.15, 0.2) is 11.5 Å². The van der Waals surface area contributed by atoms with E-state index in [1.807, 2.05) is 24.3 Å². The van der Waals surface area contributed by atoms with Crippen LogP contribution in [0.3, 0.4) is 0 Å². The lowest BCUT2D eigenvalue weighted by Gasteiger charge is -2.35. The van der Waals surface area contributed by atoms with E-state index in [4.69, 9.17) is 4.74 Å². The Kier molecular flexibility index (Phi) is 4.34. The number of fused-ring (bicyclic) bond motifs is 1. The van der Waals surface area contributed by atoms with E-state index in [9.17, 15) is 13.2 Å². The van der Waals surface area contributed by atoms with Crippen molar-refractivity contribution in [3.8, 4) is 0 Å². The maximum Gasteiger partial charge on any atom is 0.453 e. The van der Waals surface area contributed by atoms with Gasteiger partial charge < -0.3 is 15.0 Å². The van der Waals surface area contributed by atoms with Gasteiger partial charge in [-0.1, -0.05) is 0 Å². The van der Waals surface area contributed by atoms with E-state index in [0.29, 0.717) is 23.4 Å². The second-order valence-corrected chi connectivity index (χ2v) is 6.30. The molecular formula is C17H17F3N6O. The summed E-state index contributed by atoms with van der Waals surface area (Å²) >= 11 is 0. The lowest BCUT2D eigenvalue weighted by atomic mass is 10.2. The Bertz CT molecular complexity index is 940. The highest BCUT2D eigenvalue weighted by molar-refractivity contribution is 5.61. The highest BCUT2D eigenvalue weighted by atomic mass is 19.4. The number of alkyl halides is 3. The summed E-state index contributed by atoms with van der Waals surface area (Å²) < 4.78 is 45.0. The average molecular weight is 378 g/mol. The van der Waals surface area contributed by atoms with Gasteiger partial charge in [-0.15, -0.1) is 15.3 Å². The molecule has 3 aromatic rings. The molecule has 2 aromatic heterocycles. The van der Waals surface area contributed by atoms with Crippen molar-refractivity contribution in [2.75, 3.05) is 30.0 Å². The van der Waals surface area contributed by atoms with Gasteiger partial charge >= 0.3 is 6.18 Å². The van der Waals surface area contributed by atoms with Crippen molar-refractivity contribution in [3.05, 3.63) is 42.2 Å². The van der Waals surface area contributed by atoms with Crippen LogP contribution in [0.25, 0.3) is 5.65 Å². The molecule has 142 valence electrons. The lowest BCUT2D eigenvalue weighted by molar-refractivity contribution is -0.146. The molecule has 4 rings (SSSR count). The standard InChI is InChI=1S/C17H17F3N6O/c1-11-10-27-9-8-25(11)13-4-2-12(3-5-13)21-14-6-7-15-22-23-16(17(18,19)20)26(15)24-14/h2-7,11H,8-10H2,1H3,(H,21,24). The number of benzene rings is 1. The zero-order chi connectivity index (χ0) is 19.0. The predicted molar refractivity (Wildman–Crippen MR) is 93.1 cm³/mol. The van der Waals surface area contributed by atoms with Gasteiger partial charge in [-0.05, 0) is 43.3 Å². The Labute approximate surface area is 152 Å². The first-order chi connectivity index (χ1) is 12.9. The van der Waals surface area contributed by atoms with Crippen molar-refractivity contribution in [2.45, 2.75) is 19.1 Å². The van der Waals surface area contributed by atoms with Crippen molar-refractivity contribution in [1.29, 1.82) is 0 Å². The van der Waals surface area contributed by atoms with Crippen LogP contribution in [0, 0.1) is 0 Å². The van der Waals surface area contributed by atoms with Crippen LogP contribution in [0.4, 0.5) is 30.4 Å². The fourth-order valence-electron chi connectivity index (χ4n) is 3.03. The molecule has 0 amide bonds. The molecule has 0 aliphatic carbocycles. The number of morpholine rings is 1. The van der Waals surface area contributed by atoms with E-state index in [-0.39, 0.29) is 17.5 Å². The van der Waals surface area contributed by atoms with Crippen LogP contribution in [0.5, 0.6) is 0 Å². The molecule has 1 aliphatic rings. The molecule has 1 N–H and O–H groups in total. The molecule has 1 atom stereocenters. The summed E-state index contributed by atoms with van der Waals surface area (Å²) in [5.41, 5.74) is 1.82. The normalized spacial score (nSPS) is 18.1. The number of ether oxygens (including phenoxy) is 1. The third kappa shape index (κ3) is 3.52. The molecule has 27 heavy (non-hydrogen) atoms. The topological polar surface area (TPSA) is 67.6 Å². The van der Waals surface area contributed by atoms with E-state index in [1.54, 1.807) is 6.07 Å². The summed E-state index contributed by atoms with van der Waals surface area (Å²) in [7, 11) is 0. The van der Waals surface area contributed by atoms with Gasteiger partial charge in [0.25, 0.3) is 5.82 Å². The SMILES string of the molecule is CC1COCCN1c1ccc(Nc2ccc3nnc(C(F)(F)F)n3n2)cc1. The highest BCUT2D eigenvalue weighted by Crippen LogP contribution is 2.28. The average Bonchev–Trinajstić information content (AvgIpc) is 3.07. The van der Waals surface area contributed by atoms with Crippen LogP contribution in [-0.4, -0.2) is 45.6 Å². The summed E-state index contributed by atoms with van der Waals surface area (Å²) in [6.07, 6.45) is -4.62. The molecule has 1 aliphatic heterocycles. The summed E-state index contributed by atoms with van der Waals surface area (Å²) in [5, 5.41) is 13.6.